The fraction of sp³-hybridized carbons (Fsp3) is 0. The molecule has 11 aromatic carbocycles. The third kappa shape index (κ3) is 3.94. The van der Waals surface area contributed by atoms with Crippen LogP contribution in [0, 0.1) is 0 Å². The highest BCUT2D eigenvalue weighted by Crippen LogP contribution is 2.46. The van der Waals surface area contributed by atoms with Crippen molar-refractivity contribution in [1.29, 1.82) is 0 Å². The molecule has 0 aliphatic rings. The molecule has 0 saturated carbocycles. The monoisotopic (exact) mass is 630 g/mol. The summed E-state index contributed by atoms with van der Waals surface area (Å²) >= 11 is 0. The average molecular weight is 631 g/mol. The predicted octanol–water partition coefficient (Wildman–Crippen LogP) is 14.1. The summed E-state index contributed by atoms with van der Waals surface area (Å²) in [5.74, 6) is 0. The lowest BCUT2D eigenvalue weighted by Crippen LogP contribution is -1.93. The van der Waals surface area contributed by atoms with Gasteiger partial charge in [0.25, 0.3) is 0 Å². The Morgan fingerprint density at radius 3 is 1.22 bits per heavy atom. The normalized spacial score (nSPS) is 12.0. The van der Waals surface area contributed by atoms with Gasteiger partial charge in [-0.2, -0.15) is 0 Å². The standard InChI is InChI=1S/C50H30/c1-2-7-31(8-3-1)41-13-6-14-43(42-28-24-39-22-20-34-10-5-12-36-26-30-45(42)50(39)47(34)36)48(41)37-17-15-32(16-18-37)40-27-23-38-21-19-33-9-4-11-35-25-29-44(40)49(38)46(33)35/h1-30H. The van der Waals surface area contributed by atoms with E-state index in [-0.39, 0.29) is 0 Å². The number of rotatable bonds is 4. The molecule has 0 bridgehead atoms. The molecular weight excluding hydrogens is 601 g/mol. The molecule has 0 spiro atoms. The molecule has 0 amide bonds. The van der Waals surface area contributed by atoms with Gasteiger partial charge in [-0.25, -0.2) is 0 Å². The zero-order valence-corrected chi connectivity index (χ0v) is 27.3. The van der Waals surface area contributed by atoms with Crippen LogP contribution in [-0.2, 0) is 0 Å². The molecule has 0 heterocycles. The Morgan fingerprint density at radius 2 is 0.620 bits per heavy atom. The van der Waals surface area contributed by atoms with Gasteiger partial charge in [0.15, 0.2) is 0 Å². The molecular formula is C50H30. The van der Waals surface area contributed by atoms with Gasteiger partial charge < -0.3 is 0 Å². The highest BCUT2D eigenvalue weighted by molar-refractivity contribution is 6.27. The molecule has 0 aliphatic heterocycles. The molecule has 0 saturated heterocycles. The van der Waals surface area contributed by atoms with Gasteiger partial charge in [0.1, 0.15) is 0 Å². The highest BCUT2D eigenvalue weighted by Gasteiger charge is 2.19. The second kappa shape index (κ2) is 10.5. The van der Waals surface area contributed by atoms with Gasteiger partial charge in [-0.1, -0.05) is 182 Å². The minimum atomic E-state index is 1.21. The largest absolute Gasteiger partial charge is 0.0622 e. The maximum absolute atomic E-state index is 2.33. The molecule has 0 heteroatoms. The Hall–Kier alpha value is -6.50. The van der Waals surface area contributed by atoms with Crippen molar-refractivity contribution in [2.45, 2.75) is 0 Å². The Kier molecular flexibility index (Phi) is 5.76. The van der Waals surface area contributed by atoms with E-state index in [1.807, 2.05) is 0 Å². The van der Waals surface area contributed by atoms with E-state index in [4.69, 9.17) is 0 Å². The van der Waals surface area contributed by atoms with E-state index in [1.54, 1.807) is 0 Å². The number of benzene rings is 11. The molecule has 230 valence electrons. The lowest BCUT2D eigenvalue weighted by molar-refractivity contribution is 1.57. The summed E-state index contributed by atoms with van der Waals surface area (Å²) < 4.78 is 0. The summed E-state index contributed by atoms with van der Waals surface area (Å²) in [6.07, 6.45) is 0. The molecule has 0 radical (unpaired) electrons. The fourth-order valence-corrected chi connectivity index (χ4v) is 8.72. The molecule has 0 aliphatic carbocycles. The first-order valence-corrected chi connectivity index (χ1v) is 17.4. The van der Waals surface area contributed by atoms with E-state index < -0.39 is 0 Å². The van der Waals surface area contributed by atoms with Crippen LogP contribution >= 0.6 is 0 Å². The first-order valence-electron chi connectivity index (χ1n) is 17.4. The maximum atomic E-state index is 2.33. The number of hydrogen-bond acceptors (Lipinski definition) is 0. The summed E-state index contributed by atoms with van der Waals surface area (Å²) in [5.41, 5.74) is 9.95. The van der Waals surface area contributed by atoms with Crippen LogP contribution in [0.4, 0.5) is 0 Å². The van der Waals surface area contributed by atoms with Gasteiger partial charge in [0.2, 0.25) is 0 Å². The van der Waals surface area contributed by atoms with Crippen LogP contribution in [0.2, 0.25) is 0 Å². The van der Waals surface area contributed by atoms with E-state index in [0.717, 1.165) is 0 Å². The van der Waals surface area contributed by atoms with Crippen LogP contribution in [0.1, 0.15) is 0 Å². The molecule has 0 unspecified atom stereocenters. The molecule has 0 aromatic heterocycles. The van der Waals surface area contributed by atoms with Crippen LogP contribution in [0.3, 0.4) is 0 Å². The summed E-state index contributed by atoms with van der Waals surface area (Å²) in [6.45, 7) is 0. The lowest BCUT2D eigenvalue weighted by Gasteiger charge is -2.20. The maximum Gasteiger partial charge on any atom is -0.00206 e. The van der Waals surface area contributed by atoms with Crippen molar-refractivity contribution in [2.75, 3.05) is 0 Å². The van der Waals surface area contributed by atoms with E-state index in [0.29, 0.717) is 0 Å². The van der Waals surface area contributed by atoms with Crippen molar-refractivity contribution in [2.24, 2.45) is 0 Å². The predicted molar refractivity (Wildman–Crippen MR) is 216 cm³/mol. The zero-order chi connectivity index (χ0) is 32.8. The second-order valence-electron chi connectivity index (χ2n) is 13.6. The van der Waals surface area contributed by atoms with Gasteiger partial charge >= 0.3 is 0 Å². The van der Waals surface area contributed by atoms with E-state index >= 15 is 0 Å². The van der Waals surface area contributed by atoms with Crippen LogP contribution < -0.4 is 0 Å². The average Bonchev–Trinajstić information content (AvgIpc) is 3.19. The third-order valence-electron chi connectivity index (χ3n) is 11.0. The van der Waals surface area contributed by atoms with Gasteiger partial charge in [0, 0.05) is 0 Å². The zero-order valence-electron chi connectivity index (χ0n) is 27.3. The van der Waals surface area contributed by atoms with Crippen molar-refractivity contribution < 1.29 is 0 Å². The summed E-state index contributed by atoms with van der Waals surface area (Å²) in [6, 6.07) is 67.6. The first kappa shape index (κ1) is 27.5. The SMILES string of the molecule is c1ccc(-c2cccc(-c3ccc4ccc5cccc6ccc3c4c56)c2-c2ccc(-c3ccc4ccc5cccc6ccc3c4c56)cc2)cc1. The van der Waals surface area contributed by atoms with Crippen LogP contribution in [0.5, 0.6) is 0 Å². The highest BCUT2D eigenvalue weighted by atomic mass is 14.2. The Labute approximate surface area is 290 Å². The number of hydrogen-bond donors (Lipinski definition) is 0. The van der Waals surface area contributed by atoms with E-state index in [2.05, 4.69) is 182 Å². The second-order valence-corrected chi connectivity index (χ2v) is 13.6. The van der Waals surface area contributed by atoms with Gasteiger partial charge in [0.05, 0.1) is 0 Å². The minimum absolute atomic E-state index is 1.21. The van der Waals surface area contributed by atoms with Crippen LogP contribution in [0.25, 0.3) is 109 Å². The first-order chi connectivity index (χ1) is 24.8. The Bertz CT molecular complexity index is 3030. The molecule has 0 N–H and O–H groups in total. The minimum Gasteiger partial charge on any atom is -0.0622 e. The van der Waals surface area contributed by atoms with Crippen molar-refractivity contribution in [3.8, 4) is 44.5 Å². The van der Waals surface area contributed by atoms with Crippen molar-refractivity contribution in [3.63, 3.8) is 0 Å². The molecule has 50 heavy (non-hydrogen) atoms. The fourth-order valence-electron chi connectivity index (χ4n) is 8.72. The van der Waals surface area contributed by atoms with Crippen molar-refractivity contribution >= 4 is 64.6 Å². The van der Waals surface area contributed by atoms with Crippen molar-refractivity contribution in [3.05, 3.63) is 182 Å². The van der Waals surface area contributed by atoms with Crippen LogP contribution in [0.15, 0.2) is 182 Å². The summed E-state index contributed by atoms with van der Waals surface area (Å²) in [5, 5.41) is 15.8. The quantitative estimate of drug-likeness (QED) is 0.170. The smallest absolute Gasteiger partial charge is 0.00206 e. The van der Waals surface area contributed by atoms with Crippen molar-refractivity contribution in [1.82, 2.24) is 0 Å². The molecule has 0 fully saturated rings. The van der Waals surface area contributed by atoms with Gasteiger partial charge in [-0.15, -0.1) is 0 Å². The Balaban J connectivity index is 1.13. The molecule has 0 atom stereocenters. The summed E-state index contributed by atoms with van der Waals surface area (Å²) in [7, 11) is 0. The van der Waals surface area contributed by atoms with Crippen LogP contribution in [-0.4, -0.2) is 0 Å². The van der Waals surface area contributed by atoms with E-state index in [1.165, 1.54) is 109 Å². The molecule has 11 rings (SSSR count). The van der Waals surface area contributed by atoms with Gasteiger partial charge in [-0.3, -0.25) is 0 Å². The third-order valence-corrected chi connectivity index (χ3v) is 11.0. The molecule has 11 aromatic rings. The lowest BCUT2D eigenvalue weighted by atomic mass is 9.84. The molecule has 0 nitrogen and oxygen atoms in total. The van der Waals surface area contributed by atoms with Gasteiger partial charge in [-0.05, 0) is 109 Å². The topological polar surface area (TPSA) is 0 Å². The Morgan fingerprint density at radius 1 is 0.200 bits per heavy atom. The summed E-state index contributed by atoms with van der Waals surface area (Å²) in [4.78, 5) is 0. The van der Waals surface area contributed by atoms with E-state index in [9.17, 15) is 0 Å².